The van der Waals surface area contributed by atoms with Gasteiger partial charge in [-0.25, -0.2) is 0 Å². The quantitative estimate of drug-likeness (QED) is 0.760. The number of alkyl halides is 2. The molecular weight excluding hydrogens is 370 g/mol. The van der Waals surface area contributed by atoms with Gasteiger partial charge in [-0.1, -0.05) is 36.0 Å². The maximum atomic E-state index is 12.3. The Labute approximate surface area is 162 Å². The van der Waals surface area contributed by atoms with Gasteiger partial charge in [0.15, 0.2) is 5.76 Å². The number of hydrogen-bond acceptors (Lipinski definition) is 4. The summed E-state index contributed by atoms with van der Waals surface area (Å²) in [5, 5.41) is 2.91. The van der Waals surface area contributed by atoms with Crippen LogP contribution in [-0.4, -0.2) is 35.2 Å². The number of benzene rings is 1. The first-order valence-electron chi connectivity index (χ1n) is 8.94. The van der Waals surface area contributed by atoms with Crippen LogP contribution in [0.2, 0.25) is 0 Å². The second kappa shape index (κ2) is 8.44. The fraction of sp³-hybridized carbons (Fsp3) is 0.450. The summed E-state index contributed by atoms with van der Waals surface area (Å²) in [6.07, 6.45) is 0.997. The molecule has 0 radical (unpaired) electrons. The van der Waals surface area contributed by atoms with Crippen LogP contribution in [0.25, 0.3) is 0 Å². The van der Waals surface area contributed by atoms with Gasteiger partial charge in [0.2, 0.25) is 0 Å². The molecule has 0 fully saturated rings. The van der Waals surface area contributed by atoms with Crippen molar-refractivity contribution >= 4 is 17.7 Å². The smallest absolute Gasteiger partial charge is 0.287 e. The van der Waals surface area contributed by atoms with E-state index in [4.69, 9.17) is 4.42 Å². The Morgan fingerprint density at radius 3 is 2.74 bits per heavy atom. The molecule has 146 valence electrons. The number of furan rings is 1. The summed E-state index contributed by atoms with van der Waals surface area (Å²) in [4.78, 5) is 14.7. The molecule has 1 N–H and O–H groups in total. The van der Waals surface area contributed by atoms with Gasteiger partial charge in [-0.2, -0.15) is 8.78 Å². The summed E-state index contributed by atoms with van der Waals surface area (Å²) in [5.41, 5.74) is 2.50. The van der Waals surface area contributed by atoms with Crippen LogP contribution >= 0.6 is 11.8 Å². The van der Waals surface area contributed by atoms with E-state index < -0.39 is 5.76 Å². The lowest BCUT2D eigenvalue weighted by Crippen LogP contribution is -2.53. The average molecular weight is 394 g/mol. The van der Waals surface area contributed by atoms with Crippen LogP contribution in [0, 0.1) is 0 Å². The molecule has 0 aliphatic carbocycles. The number of thioether (sulfide) groups is 1. The Kier molecular flexibility index (Phi) is 6.22. The molecule has 7 heteroatoms. The van der Waals surface area contributed by atoms with Gasteiger partial charge in [0.1, 0.15) is 5.76 Å². The minimum atomic E-state index is -2.46. The van der Waals surface area contributed by atoms with E-state index in [1.807, 2.05) is 0 Å². The van der Waals surface area contributed by atoms with E-state index in [1.54, 1.807) is 6.07 Å². The van der Waals surface area contributed by atoms with Gasteiger partial charge in [-0.3, -0.25) is 9.69 Å². The Bertz CT molecular complexity index is 792. The van der Waals surface area contributed by atoms with Gasteiger partial charge in [0, 0.05) is 25.2 Å². The van der Waals surface area contributed by atoms with Crippen molar-refractivity contribution in [3.8, 4) is 0 Å². The van der Waals surface area contributed by atoms with Gasteiger partial charge in [-0.15, -0.1) is 0 Å². The molecule has 0 spiro atoms. The second-order valence-electron chi connectivity index (χ2n) is 7.27. The zero-order valence-corrected chi connectivity index (χ0v) is 16.3. The van der Waals surface area contributed by atoms with Crippen molar-refractivity contribution in [2.75, 3.05) is 13.1 Å². The van der Waals surface area contributed by atoms with Gasteiger partial charge < -0.3 is 9.73 Å². The number of nitrogens with one attached hydrogen (secondary N) is 1. The first-order chi connectivity index (χ1) is 12.8. The van der Waals surface area contributed by atoms with Crippen molar-refractivity contribution in [1.29, 1.82) is 0 Å². The van der Waals surface area contributed by atoms with E-state index in [0.29, 0.717) is 24.1 Å². The number of carbonyl (C=O) groups is 1. The average Bonchev–Trinajstić information content (AvgIpc) is 3.13. The molecule has 1 aliphatic heterocycles. The second-order valence-corrected chi connectivity index (χ2v) is 8.25. The number of carbonyl (C=O) groups excluding carboxylic acids is 1. The van der Waals surface area contributed by atoms with E-state index in [0.717, 1.165) is 19.5 Å². The predicted octanol–water partition coefficient (Wildman–Crippen LogP) is 4.30. The van der Waals surface area contributed by atoms with Crippen molar-refractivity contribution < 1.29 is 18.0 Å². The first-order valence-corrected chi connectivity index (χ1v) is 9.98. The molecule has 1 amide bonds. The summed E-state index contributed by atoms with van der Waals surface area (Å²) >= 11 is 0.475. The van der Waals surface area contributed by atoms with Gasteiger partial charge >= 0.3 is 0 Å². The summed E-state index contributed by atoms with van der Waals surface area (Å²) in [6, 6.07) is 11.5. The van der Waals surface area contributed by atoms with Crippen LogP contribution in [-0.2, 0) is 18.7 Å². The third-order valence-corrected chi connectivity index (χ3v) is 5.61. The van der Waals surface area contributed by atoms with Gasteiger partial charge in [0.05, 0.1) is 5.75 Å². The van der Waals surface area contributed by atoms with Crippen molar-refractivity contribution in [3.63, 3.8) is 0 Å². The van der Waals surface area contributed by atoms with E-state index >= 15 is 0 Å². The largest absolute Gasteiger partial charge is 0.455 e. The van der Waals surface area contributed by atoms with Crippen LogP contribution in [0.4, 0.5) is 8.78 Å². The predicted molar refractivity (Wildman–Crippen MR) is 103 cm³/mol. The maximum Gasteiger partial charge on any atom is 0.287 e. The zero-order chi connectivity index (χ0) is 19.4. The number of hydrogen-bond donors (Lipinski definition) is 1. The highest BCUT2D eigenvalue weighted by Crippen LogP contribution is 2.25. The van der Waals surface area contributed by atoms with Crippen molar-refractivity contribution in [3.05, 3.63) is 59.0 Å². The minimum Gasteiger partial charge on any atom is -0.455 e. The van der Waals surface area contributed by atoms with Crippen LogP contribution in [0.3, 0.4) is 0 Å². The molecule has 2 aromatic rings. The fourth-order valence-electron chi connectivity index (χ4n) is 3.23. The van der Waals surface area contributed by atoms with Crippen LogP contribution in [0.1, 0.15) is 41.3 Å². The normalized spacial score (nSPS) is 15.0. The molecule has 0 bridgehead atoms. The van der Waals surface area contributed by atoms with Crippen LogP contribution in [0.15, 0.2) is 40.8 Å². The molecule has 1 aromatic heterocycles. The molecule has 1 aliphatic rings. The van der Waals surface area contributed by atoms with Gasteiger partial charge in [0.25, 0.3) is 11.7 Å². The Morgan fingerprint density at radius 1 is 1.26 bits per heavy atom. The fourth-order valence-corrected chi connectivity index (χ4v) is 3.68. The molecule has 0 saturated heterocycles. The molecule has 2 heterocycles. The topological polar surface area (TPSA) is 45.5 Å². The van der Waals surface area contributed by atoms with Crippen molar-refractivity contribution in [2.24, 2.45) is 0 Å². The molecule has 3 rings (SSSR count). The lowest BCUT2D eigenvalue weighted by molar-refractivity contribution is 0.0804. The Balaban J connectivity index is 1.55. The lowest BCUT2D eigenvalue weighted by atomic mass is 9.94. The molecule has 0 atom stereocenters. The first kappa shape index (κ1) is 19.9. The number of halogens is 2. The highest BCUT2D eigenvalue weighted by Gasteiger charge is 2.30. The maximum absolute atomic E-state index is 12.3. The van der Waals surface area contributed by atoms with Crippen LogP contribution in [0.5, 0.6) is 0 Å². The molecule has 0 unspecified atom stereocenters. The van der Waals surface area contributed by atoms with E-state index in [9.17, 15) is 13.6 Å². The Morgan fingerprint density at radius 2 is 2.00 bits per heavy atom. The molecular formula is C20H24F2N2O2S. The standard InChI is InChI=1S/C20H24F2N2O2S/c1-20(2,24-10-9-14-5-3-4-6-15(14)11-24)13-23-18(25)17-8-7-16(26-17)12-27-19(21)22/h3-8,19H,9-13H2,1-2H3,(H,23,25). The number of nitrogens with zero attached hydrogens (tertiary/aromatic N) is 1. The SMILES string of the molecule is CC(C)(CNC(=O)c1ccc(CSC(F)F)o1)N1CCc2ccccc2C1. The van der Waals surface area contributed by atoms with Crippen LogP contribution < -0.4 is 5.32 Å². The van der Waals surface area contributed by atoms with E-state index in [2.05, 4.69) is 48.3 Å². The minimum absolute atomic E-state index is 0.0453. The monoisotopic (exact) mass is 394 g/mol. The summed E-state index contributed by atoms with van der Waals surface area (Å²) in [6.45, 7) is 6.47. The van der Waals surface area contributed by atoms with Crippen molar-refractivity contribution in [2.45, 2.75) is 43.9 Å². The zero-order valence-electron chi connectivity index (χ0n) is 15.5. The number of rotatable bonds is 7. The van der Waals surface area contributed by atoms with E-state index in [-0.39, 0.29) is 23.0 Å². The number of fused-ring (bicyclic) bond motifs is 1. The third-order valence-electron chi connectivity index (χ3n) is 4.91. The van der Waals surface area contributed by atoms with E-state index in [1.165, 1.54) is 17.2 Å². The Hall–Kier alpha value is -1.86. The highest BCUT2D eigenvalue weighted by atomic mass is 32.2. The molecule has 4 nitrogen and oxygen atoms in total. The molecule has 1 aromatic carbocycles. The lowest BCUT2D eigenvalue weighted by Gasteiger charge is -2.41. The van der Waals surface area contributed by atoms with Gasteiger partial charge in [-0.05, 0) is 43.5 Å². The summed E-state index contributed by atoms with van der Waals surface area (Å²) in [7, 11) is 0. The highest BCUT2D eigenvalue weighted by molar-refractivity contribution is 7.98. The molecule has 27 heavy (non-hydrogen) atoms. The van der Waals surface area contributed by atoms with Crippen molar-refractivity contribution in [1.82, 2.24) is 10.2 Å². The third kappa shape index (κ3) is 5.11. The number of amides is 1. The molecule has 0 saturated carbocycles. The summed E-state index contributed by atoms with van der Waals surface area (Å²) < 4.78 is 29.9. The summed E-state index contributed by atoms with van der Waals surface area (Å²) in [5.74, 6) is -2.21.